The average molecular weight is 401 g/mol. The molecule has 0 unspecified atom stereocenters. The van der Waals surface area contributed by atoms with Crippen molar-refractivity contribution in [3.05, 3.63) is 29.8 Å². The van der Waals surface area contributed by atoms with Crippen molar-refractivity contribution in [3.8, 4) is 0 Å². The summed E-state index contributed by atoms with van der Waals surface area (Å²) in [6.07, 6.45) is 3.57. The zero-order valence-corrected chi connectivity index (χ0v) is 19.5. The van der Waals surface area contributed by atoms with Gasteiger partial charge in [-0.1, -0.05) is 45.9 Å². The van der Waals surface area contributed by atoms with Crippen LogP contribution in [0.4, 0.5) is 10.5 Å². The Morgan fingerprint density at radius 3 is 2.07 bits per heavy atom. The molecule has 0 bridgehead atoms. The average Bonchev–Trinajstić information content (AvgIpc) is 2.58. The number of hydrogen-bond donors (Lipinski definition) is 0. The summed E-state index contributed by atoms with van der Waals surface area (Å²) >= 11 is 0. The molecule has 0 aromatic heterocycles. The van der Waals surface area contributed by atoms with Gasteiger partial charge in [-0.3, -0.25) is 0 Å². The van der Waals surface area contributed by atoms with E-state index in [1.165, 1.54) is 30.5 Å². The molecule has 0 N–H and O–H groups in total. The van der Waals surface area contributed by atoms with E-state index in [0.29, 0.717) is 29.8 Å². The van der Waals surface area contributed by atoms with E-state index in [9.17, 15) is 4.79 Å². The second-order valence-electron chi connectivity index (χ2n) is 11.6. The van der Waals surface area contributed by atoms with E-state index in [4.69, 9.17) is 4.74 Å². The van der Waals surface area contributed by atoms with Gasteiger partial charge in [0.1, 0.15) is 5.60 Å². The lowest BCUT2D eigenvalue weighted by molar-refractivity contribution is 0.0240. The summed E-state index contributed by atoms with van der Waals surface area (Å²) in [5, 5.41) is 0. The number of para-hydroxylation sites is 1. The van der Waals surface area contributed by atoms with Crippen LogP contribution in [-0.4, -0.2) is 42.8 Å². The summed E-state index contributed by atoms with van der Waals surface area (Å²) in [5.41, 5.74) is 3.14. The molecule has 1 heterocycles. The van der Waals surface area contributed by atoms with Crippen LogP contribution in [0.1, 0.15) is 79.2 Å². The summed E-state index contributed by atoms with van der Waals surface area (Å²) in [6.45, 7) is 18.6. The van der Waals surface area contributed by atoms with Crippen LogP contribution in [0.25, 0.3) is 0 Å². The zero-order valence-electron chi connectivity index (χ0n) is 19.5. The molecule has 2 fully saturated rings. The number of anilines is 1. The van der Waals surface area contributed by atoms with E-state index >= 15 is 0 Å². The van der Waals surface area contributed by atoms with Crippen LogP contribution in [0.2, 0.25) is 0 Å². The molecule has 4 nitrogen and oxygen atoms in total. The van der Waals surface area contributed by atoms with Gasteiger partial charge in [0.05, 0.1) is 0 Å². The van der Waals surface area contributed by atoms with E-state index in [1.807, 2.05) is 25.7 Å². The molecule has 1 aromatic rings. The Morgan fingerprint density at radius 1 is 0.966 bits per heavy atom. The molecule has 1 aliphatic carbocycles. The van der Waals surface area contributed by atoms with Crippen molar-refractivity contribution in [2.75, 3.05) is 31.1 Å². The Kier molecular flexibility index (Phi) is 5.95. The van der Waals surface area contributed by atoms with E-state index in [2.05, 4.69) is 56.9 Å². The number of rotatable bonds is 2. The van der Waals surface area contributed by atoms with Crippen molar-refractivity contribution >= 4 is 11.8 Å². The van der Waals surface area contributed by atoms with E-state index in [0.717, 1.165) is 13.1 Å². The lowest BCUT2D eigenvalue weighted by Crippen LogP contribution is -2.50. The lowest BCUT2D eigenvalue weighted by atomic mass is 9.60. The standard InChI is InChI=1S/C25H40N2O2/c1-23(2,3)29-22(28)27-14-12-26(13-15-27)21-11-9-8-10-20(21)19-16-24(4,5)18-25(6,7)17-19/h8-11,19H,12-18H2,1-7H3. The summed E-state index contributed by atoms with van der Waals surface area (Å²) in [5.74, 6) is 0.592. The van der Waals surface area contributed by atoms with Gasteiger partial charge in [0.2, 0.25) is 0 Å². The first-order valence-corrected chi connectivity index (χ1v) is 11.2. The maximum atomic E-state index is 12.4. The van der Waals surface area contributed by atoms with E-state index in [-0.39, 0.29) is 6.09 Å². The Balaban J connectivity index is 1.73. The third-order valence-corrected chi connectivity index (χ3v) is 6.20. The molecule has 1 aromatic carbocycles. The van der Waals surface area contributed by atoms with Gasteiger partial charge in [0.15, 0.2) is 0 Å². The van der Waals surface area contributed by atoms with Crippen molar-refractivity contribution < 1.29 is 9.53 Å². The van der Waals surface area contributed by atoms with Gasteiger partial charge >= 0.3 is 6.09 Å². The van der Waals surface area contributed by atoms with E-state index in [1.54, 1.807) is 0 Å². The van der Waals surface area contributed by atoms with Gasteiger partial charge in [-0.2, -0.15) is 0 Å². The molecule has 1 aliphatic heterocycles. The molecule has 1 saturated carbocycles. The summed E-state index contributed by atoms with van der Waals surface area (Å²) < 4.78 is 5.55. The largest absolute Gasteiger partial charge is 0.444 e. The SMILES string of the molecule is CC1(C)CC(c2ccccc2N2CCN(C(=O)OC(C)(C)C)CC2)CC(C)(C)C1. The highest BCUT2D eigenvalue weighted by Gasteiger charge is 2.40. The van der Waals surface area contributed by atoms with E-state index < -0.39 is 5.60 Å². The van der Waals surface area contributed by atoms with Crippen LogP contribution in [-0.2, 0) is 4.74 Å². The van der Waals surface area contributed by atoms with Crippen molar-refractivity contribution in [2.24, 2.45) is 10.8 Å². The molecule has 0 atom stereocenters. The molecular weight excluding hydrogens is 360 g/mol. The minimum absolute atomic E-state index is 0.193. The van der Waals surface area contributed by atoms with Gasteiger partial charge in [-0.05, 0) is 68.4 Å². The van der Waals surface area contributed by atoms with Crippen LogP contribution in [0.15, 0.2) is 24.3 Å². The number of hydrogen-bond acceptors (Lipinski definition) is 3. The maximum absolute atomic E-state index is 12.4. The predicted molar refractivity (Wildman–Crippen MR) is 121 cm³/mol. The molecule has 0 spiro atoms. The monoisotopic (exact) mass is 400 g/mol. The molecule has 29 heavy (non-hydrogen) atoms. The zero-order chi connectivity index (χ0) is 21.4. The fourth-order valence-corrected chi connectivity index (χ4v) is 5.64. The lowest BCUT2D eigenvalue weighted by Gasteiger charge is -2.46. The third-order valence-electron chi connectivity index (χ3n) is 6.20. The summed E-state index contributed by atoms with van der Waals surface area (Å²) in [6, 6.07) is 8.94. The number of benzene rings is 1. The predicted octanol–water partition coefficient (Wildman–Crippen LogP) is 6.06. The number of carbonyl (C=O) groups excluding carboxylic acids is 1. The molecule has 4 heteroatoms. The third kappa shape index (κ3) is 5.67. The molecule has 2 aliphatic rings. The van der Waals surface area contributed by atoms with Crippen molar-refractivity contribution in [2.45, 2.75) is 79.2 Å². The van der Waals surface area contributed by atoms with Crippen molar-refractivity contribution in [3.63, 3.8) is 0 Å². The number of nitrogens with zero attached hydrogens (tertiary/aromatic N) is 2. The normalized spacial score (nSPS) is 22.4. The highest BCUT2D eigenvalue weighted by atomic mass is 16.6. The van der Waals surface area contributed by atoms with Crippen LogP contribution >= 0.6 is 0 Å². The van der Waals surface area contributed by atoms with Crippen LogP contribution in [0, 0.1) is 10.8 Å². The van der Waals surface area contributed by atoms with Crippen LogP contribution in [0.5, 0.6) is 0 Å². The fourth-order valence-electron chi connectivity index (χ4n) is 5.64. The van der Waals surface area contributed by atoms with Gasteiger partial charge < -0.3 is 14.5 Å². The number of carbonyl (C=O) groups is 1. The van der Waals surface area contributed by atoms with Crippen molar-refractivity contribution in [1.82, 2.24) is 4.90 Å². The number of piperazine rings is 1. The Hall–Kier alpha value is -1.71. The fraction of sp³-hybridized carbons (Fsp3) is 0.720. The molecule has 3 rings (SSSR count). The first-order chi connectivity index (χ1) is 13.4. The highest BCUT2D eigenvalue weighted by molar-refractivity contribution is 5.69. The van der Waals surface area contributed by atoms with Gasteiger partial charge in [0, 0.05) is 31.9 Å². The number of amides is 1. The Morgan fingerprint density at radius 2 is 1.52 bits per heavy atom. The first kappa shape index (κ1) is 22.0. The maximum Gasteiger partial charge on any atom is 0.410 e. The number of ether oxygens (including phenoxy) is 1. The van der Waals surface area contributed by atoms with Crippen LogP contribution < -0.4 is 4.90 Å². The molecular formula is C25H40N2O2. The van der Waals surface area contributed by atoms with Gasteiger partial charge in [0.25, 0.3) is 0 Å². The quantitative estimate of drug-likeness (QED) is 0.604. The second-order valence-corrected chi connectivity index (χ2v) is 11.6. The van der Waals surface area contributed by atoms with Gasteiger partial charge in [-0.25, -0.2) is 4.79 Å². The first-order valence-electron chi connectivity index (χ1n) is 11.2. The van der Waals surface area contributed by atoms with Crippen LogP contribution in [0.3, 0.4) is 0 Å². The smallest absolute Gasteiger partial charge is 0.410 e. The Bertz CT molecular complexity index is 709. The second kappa shape index (κ2) is 7.85. The molecule has 162 valence electrons. The highest BCUT2D eigenvalue weighted by Crippen LogP contribution is 2.53. The molecule has 1 amide bonds. The summed E-state index contributed by atoms with van der Waals surface area (Å²) in [4.78, 5) is 16.7. The summed E-state index contributed by atoms with van der Waals surface area (Å²) in [7, 11) is 0. The molecule has 1 saturated heterocycles. The molecule has 0 radical (unpaired) electrons. The minimum Gasteiger partial charge on any atom is -0.444 e. The Labute approximate surface area is 177 Å². The van der Waals surface area contributed by atoms with Crippen molar-refractivity contribution in [1.29, 1.82) is 0 Å². The van der Waals surface area contributed by atoms with Gasteiger partial charge in [-0.15, -0.1) is 0 Å². The minimum atomic E-state index is -0.443. The topological polar surface area (TPSA) is 32.8 Å².